The molecule has 1 saturated heterocycles. The number of benzene rings is 1. The number of amides is 1. The number of rotatable bonds is 6. The predicted octanol–water partition coefficient (Wildman–Crippen LogP) is 2.64. The Hall–Kier alpha value is -1.26. The molecule has 0 atom stereocenters. The number of likely N-dealkylation sites (N-methyl/N-ethyl adjacent to an activating group) is 1. The van der Waals surface area contributed by atoms with Crippen LogP contribution in [0.4, 0.5) is 0 Å². The van der Waals surface area contributed by atoms with Gasteiger partial charge in [-0.1, -0.05) is 12.1 Å². The Morgan fingerprint density at radius 3 is 2.77 bits per heavy atom. The fourth-order valence-corrected chi connectivity index (χ4v) is 2.62. The number of carbonyl (C=O) groups excluding carboxylic acids is 1. The molecule has 22 heavy (non-hydrogen) atoms. The lowest BCUT2D eigenvalue weighted by molar-refractivity contribution is -0.131. The summed E-state index contributed by atoms with van der Waals surface area (Å²) in [5.41, 5.74) is 1.18. The maximum atomic E-state index is 12.2. The molecule has 0 unspecified atom stereocenters. The summed E-state index contributed by atoms with van der Waals surface area (Å²) in [7, 11) is 1.86. The third-order valence-electron chi connectivity index (χ3n) is 4.03. The van der Waals surface area contributed by atoms with E-state index in [1.54, 1.807) is 4.90 Å². The second-order valence-electron chi connectivity index (χ2n) is 5.88. The first-order valence-electron chi connectivity index (χ1n) is 7.79. The van der Waals surface area contributed by atoms with Gasteiger partial charge in [-0.3, -0.25) is 4.79 Å². The normalized spacial score (nSPS) is 15.0. The second-order valence-corrected chi connectivity index (χ2v) is 5.88. The number of nitrogens with zero attached hydrogens (tertiary/aromatic N) is 1. The van der Waals surface area contributed by atoms with Crippen LogP contribution >= 0.6 is 12.4 Å². The van der Waals surface area contributed by atoms with Gasteiger partial charge in [-0.05, 0) is 56.5 Å². The monoisotopic (exact) mass is 326 g/mol. The number of carbonyl (C=O) groups is 1. The molecule has 1 aromatic carbocycles. The average molecular weight is 327 g/mol. The van der Waals surface area contributed by atoms with Gasteiger partial charge in [-0.15, -0.1) is 12.4 Å². The van der Waals surface area contributed by atoms with E-state index in [2.05, 4.69) is 5.32 Å². The summed E-state index contributed by atoms with van der Waals surface area (Å²) in [5, 5.41) is 3.33. The van der Waals surface area contributed by atoms with Gasteiger partial charge >= 0.3 is 0 Å². The van der Waals surface area contributed by atoms with Crippen molar-refractivity contribution in [2.24, 2.45) is 5.92 Å². The van der Waals surface area contributed by atoms with E-state index in [1.165, 1.54) is 5.56 Å². The van der Waals surface area contributed by atoms with Crippen molar-refractivity contribution in [1.29, 1.82) is 0 Å². The highest BCUT2D eigenvalue weighted by Crippen LogP contribution is 2.17. The third-order valence-corrected chi connectivity index (χ3v) is 4.03. The molecule has 0 bridgehead atoms. The van der Waals surface area contributed by atoms with E-state index >= 15 is 0 Å². The van der Waals surface area contributed by atoms with Crippen molar-refractivity contribution in [1.82, 2.24) is 10.2 Å². The number of nitrogens with one attached hydrogen (secondary N) is 1. The quantitative estimate of drug-likeness (QED) is 0.873. The minimum Gasteiger partial charge on any atom is -0.492 e. The lowest BCUT2D eigenvalue weighted by Gasteiger charge is -2.25. The van der Waals surface area contributed by atoms with Gasteiger partial charge in [0.2, 0.25) is 5.91 Å². The van der Waals surface area contributed by atoms with E-state index in [0.717, 1.165) is 31.7 Å². The maximum absolute atomic E-state index is 12.2. The van der Waals surface area contributed by atoms with Crippen molar-refractivity contribution in [3.63, 3.8) is 0 Å². The molecule has 1 N–H and O–H groups in total. The zero-order chi connectivity index (χ0) is 15.1. The molecular weight excluding hydrogens is 300 g/mol. The highest BCUT2D eigenvalue weighted by Gasteiger charge is 2.18. The zero-order valence-corrected chi connectivity index (χ0v) is 14.3. The molecule has 5 heteroatoms. The van der Waals surface area contributed by atoms with Crippen molar-refractivity contribution >= 4 is 18.3 Å². The minimum absolute atomic E-state index is 0. The molecular formula is C17H27ClN2O2. The highest BCUT2D eigenvalue weighted by atomic mass is 35.5. The van der Waals surface area contributed by atoms with Crippen LogP contribution in [-0.2, 0) is 4.79 Å². The van der Waals surface area contributed by atoms with Crippen LogP contribution in [0.25, 0.3) is 0 Å². The molecule has 4 nitrogen and oxygen atoms in total. The summed E-state index contributed by atoms with van der Waals surface area (Å²) in [4.78, 5) is 13.9. The molecule has 1 amide bonds. The van der Waals surface area contributed by atoms with Crippen molar-refractivity contribution in [3.05, 3.63) is 29.8 Å². The molecule has 1 aliphatic rings. The van der Waals surface area contributed by atoms with Crippen molar-refractivity contribution < 1.29 is 9.53 Å². The Balaban J connectivity index is 0.00000242. The Bertz CT molecular complexity index is 462. The smallest absolute Gasteiger partial charge is 0.222 e. The molecule has 0 aromatic heterocycles. The first-order valence-corrected chi connectivity index (χ1v) is 7.79. The van der Waals surface area contributed by atoms with E-state index in [1.807, 2.05) is 38.2 Å². The maximum Gasteiger partial charge on any atom is 0.222 e. The number of piperidine rings is 1. The van der Waals surface area contributed by atoms with Crippen LogP contribution in [0.15, 0.2) is 24.3 Å². The molecule has 0 radical (unpaired) electrons. The van der Waals surface area contributed by atoms with E-state index < -0.39 is 0 Å². The zero-order valence-electron chi connectivity index (χ0n) is 13.5. The van der Waals surface area contributed by atoms with Gasteiger partial charge in [0.05, 0.1) is 6.54 Å². The van der Waals surface area contributed by atoms with Crippen molar-refractivity contribution in [2.45, 2.75) is 26.2 Å². The van der Waals surface area contributed by atoms with Gasteiger partial charge in [0.15, 0.2) is 0 Å². The van der Waals surface area contributed by atoms with Gasteiger partial charge in [0.25, 0.3) is 0 Å². The molecule has 1 aromatic rings. The first-order chi connectivity index (χ1) is 10.1. The van der Waals surface area contributed by atoms with E-state index in [-0.39, 0.29) is 18.3 Å². The first kappa shape index (κ1) is 18.8. The van der Waals surface area contributed by atoms with Gasteiger partial charge in [-0.2, -0.15) is 0 Å². The second kappa shape index (κ2) is 9.70. The van der Waals surface area contributed by atoms with Gasteiger partial charge < -0.3 is 15.0 Å². The number of halogens is 1. The Morgan fingerprint density at radius 2 is 2.09 bits per heavy atom. The Morgan fingerprint density at radius 1 is 1.36 bits per heavy atom. The fraction of sp³-hybridized carbons (Fsp3) is 0.588. The van der Waals surface area contributed by atoms with Gasteiger partial charge in [0, 0.05) is 13.5 Å². The summed E-state index contributed by atoms with van der Waals surface area (Å²) >= 11 is 0. The lowest BCUT2D eigenvalue weighted by Crippen LogP contribution is -2.35. The Labute approximate surface area is 139 Å². The van der Waals surface area contributed by atoms with Gasteiger partial charge in [-0.25, -0.2) is 0 Å². The number of ether oxygens (including phenoxy) is 1. The van der Waals surface area contributed by atoms with E-state index in [4.69, 9.17) is 4.74 Å². The molecule has 124 valence electrons. The van der Waals surface area contributed by atoms with Crippen molar-refractivity contribution in [3.8, 4) is 5.75 Å². The molecule has 0 spiro atoms. The predicted molar refractivity (Wildman–Crippen MR) is 91.8 cm³/mol. The molecule has 0 aliphatic carbocycles. The highest BCUT2D eigenvalue weighted by molar-refractivity contribution is 5.85. The summed E-state index contributed by atoms with van der Waals surface area (Å²) < 4.78 is 5.69. The van der Waals surface area contributed by atoms with Crippen LogP contribution in [0.5, 0.6) is 5.75 Å². The van der Waals surface area contributed by atoms with Crippen LogP contribution in [0, 0.1) is 12.8 Å². The number of hydrogen-bond donors (Lipinski definition) is 1. The molecule has 1 fully saturated rings. The summed E-state index contributed by atoms with van der Waals surface area (Å²) in [6.45, 7) is 5.30. The average Bonchev–Trinajstić information content (AvgIpc) is 2.48. The topological polar surface area (TPSA) is 41.6 Å². The van der Waals surface area contributed by atoms with Crippen LogP contribution in [0.1, 0.15) is 24.8 Å². The molecule has 0 saturated carbocycles. The lowest BCUT2D eigenvalue weighted by atomic mass is 9.94. The van der Waals surface area contributed by atoms with E-state index in [0.29, 0.717) is 25.5 Å². The van der Waals surface area contributed by atoms with Crippen molar-refractivity contribution in [2.75, 3.05) is 33.3 Å². The van der Waals surface area contributed by atoms with Gasteiger partial charge in [0.1, 0.15) is 12.4 Å². The Kier molecular flexibility index (Phi) is 8.28. The van der Waals surface area contributed by atoms with Crippen LogP contribution in [0.3, 0.4) is 0 Å². The molecule has 2 rings (SSSR count). The van der Waals surface area contributed by atoms with E-state index in [9.17, 15) is 4.79 Å². The molecule has 1 heterocycles. The number of aryl methyl sites for hydroxylation is 1. The summed E-state index contributed by atoms with van der Waals surface area (Å²) in [6.07, 6.45) is 2.89. The largest absolute Gasteiger partial charge is 0.492 e. The fourth-order valence-electron chi connectivity index (χ4n) is 2.62. The van der Waals surface area contributed by atoms with Crippen LogP contribution in [-0.4, -0.2) is 44.1 Å². The van der Waals surface area contributed by atoms with Crippen LogP contribution < -0.4 is 10.1 Å². The molecule has 1 aliphatic heterocycles. The SMILES string of the molecule is Cc1cccc(OCCN(C)C(=O)CC2CCNCC2)c1.Cl. The standard InChI is InChI=1S/C17H26N2O2.ClH/c1-14-4-3-5-16(12-14)21-11-10-19(2)17(20)13-15-6-8-18-9-7-15;/h3-5,12,15,18H,6-11,13H2,1-2H3;1H. The number of hydrogen-bond acceptors (Lipinski definition) is 3. The minimum atomic E-state index is 0. The summed E-state index contributed by atoms with van der Waals surface area (Å²) in [5.74, 6) is 1.64. The third kappa shape index (κ3) is 6.24. The van der Waals surface area contributed by atoms with Crippen LogP contribution in [0.2, 0.25) is 0 Å². The summed E-state index contributed by atoms with van der Waals surface area (Å²) in [6, 6.07) is 7.99.